The molecule has 1 aromatic carbocycles. The third-order valence-electron chi connectivity index (χ3n) is 4.82. The van der Waals surface area contributed by atoms with Gasteiger partial charge in [-0.15, -0.1) is 0 Å². The van der Waals surface area contributed by atoms with Crippen molar-refractivity contribution >= 4 is 10.9 Å². The van der Waals surface area contributed by atoms with Crippen molar-refractivity contribution in [2.75, 3.05) is 0 Å². The first kappa shape index (κ1) is 13.6. The standard InChI is InChI=1S/C17H25N3/c1-3-20-16-7-5-4-6-14(16)15(19-20)12-17(18)10-8-13(2)9-11-17/h4-7,13H,3,8-12,18H2,1-2H3. The highest BCUT2D eigenvalue weighted by Crippen LogP contribution is 2.33. The Bertz CT molecular complexity index is 591. The summed E-state index contributed by atoms with van der Waals surface area (Å²) in [7, 11) is 0. The van der Waals surface area contributed by atoms with Crippen molar-refractivity contribution in [2.45, 2.75) is 58.0 Å². The van der Waals surface area contributed by atoms with Crippen LogP contribution in [0, 0.1) is 5.92 Å². The SMILES string of the molecule is CCn1nc(CC2(N)CCC(C)CC2)c2ccccc21. The molecule has 2 aromatic rings. The lowest BCUT2D eigenvalue weighted by Gasteiger charge is -2.35. The quantitative estimate of drug-likeness (QED) is 0.928. The van der Waals surface area contributed by atoms with Crippen molar-refractivity contribution in [2.24, 2.45) is 11.7 Å². The third-order valence-corrected chi connectivity index (χ3v) is 4.82. The highest BCUT2D eigenvalue weighted by atomic mass is 15.3. The summed E-state index contributed by atoms with van der Waals surface area (Å²) in [6.07, 6.45) is 5.67. The molecule has 0 radical (unpaired) electrons. The van der Waals surface area contributed by atoms with Crippen molar-refractivity contribution in [3.63, 3.8) is 0 Å². The van der Waals surface area contributed by atoms with Crippen molar-refractivity contribution in [1.29, 1.82) is 0 Å². The molecule has 0 amide bonds. The predicted octanol–water partition coefficient (Wildman–Crippen LogP) is 3.51. The van der Waals surface area contributed by atoms with E-state index in [1.807, 2.05) is 0 Å². The van der Waals surface area contributed by atoms with E-state index in [2.05, 4.69) is 42.8 Å². The van der Waals surface area contributed by atoms with E-state index in [0.29, 0.717) is 0 Å². The number of nitrogens with zero attached hydrogens (tertiary/aromatic N) is 2. The van der Waals surface area contributed by atoms with Crippen LogP contribution in [0.25, 0.3) is 10.9 Å². The van der Waals surface area contributed by atoms with Crippen LogP contribution in [0.3, 0.4) is 0 Å². The Hall–Kier alpha value is -1.35. The van der Waals surface area contributed by atoms with Gasteiger partial charge in [0, 0.05) is 23.9 Å². The maximum absolute atomic E-state index is 6.65. The topological polar surface area (TPSA) is 43.8 Å². The van der Waals surface area contributed by atoms with Crippen LogP contribution in [0.2, 0.25) is 0 Å². The molecule has 1 aliphatic carbocycles. The largest absolute Gasteiger partial charge is 0.325 e. The molecule has 3 heteroatoms. The van der Waals surface area contributed by atoms with Crippen LogP contribution < -0.4 is 5.73 Å². The zero-order chi connectivity index (χ0) is 14.2. The van der Waals surface area contributed by atoms with Gasteiger partial charge in [-0.1, -0.05) is 25.1 Å². The fraction of sp³-hybridized carbons (Fsp3) is 0.588. The molecule has 0 aliphatic heterocycles. The number of hydrogen-bond acceptors (Lipinski definition) is 2. The lowest BCUT2D eigenvalue weighted by molar-refractivity contribution is 0.242. The van der Waals surface area contributed by atoms with Gasteiger partial charge in [-0.3, -0.25) is 4.68 Å². The Labute approximate surface area is 121 Å². The van der Waals surface area contributed by atoms with Gasteiger partial charge in [-0.25, -0.2) is 0 Å². The highest BCUT2D eigenvalue weighted by Gasteiger charge is 2.31. The summed E-state index contributed by atoms with van der Waals surface area (Å²) in [4.78, 5) is 0. The Balaban J connectivity index is 1.91. The molecule has 0 bridgehead atoms. The fourth-order valence-corrected chi connectivity index (χ4v) is 3.42. The molecule has 1 aliphatic rings. The van der Waals surface area contributed by atoms with Gasteiger partial charge in [-0.2, -0.15) is 5.10 Å². The second kappa shape index (κ2) is 5.21. The van der Waals surface area contributed by atoms with Crippen molar-refractivity contribution in [3.05, 3.63) is 30.0 Å². The van der Waals surface area contributed by atoms with Gasteiger partial charge < -0.3 is 5.73 Å². The minimum Gasteiger partial charge on any atom is -0.325 e. The zero-order valence-corrected chi connectivity index (χ0v) is 12.6. The Kier molecular flexibility index (Phi) is 3.55. The summed E-state index contributed by atoms with van der Waals surface area (Å²) < 4.78 is 2.10. The van der Waals surface area contributed by atoms with Crippen LogP contribution >= 0.6 is 0 Å². The smallest absolute Gasteiger partial charge is 0.0721 e. The molecule has 0 atom stereocenters. The first-order valence-electron chi connectivity index (χ1n) is 7.84. The lowest BCUT2D eigenvalue weighted by Crippen LogP contribution is -2.45. The highest BCUT2D eigenvalue weighted by molar-refractivity contribution is 5.82. The number of para-hydroxylation sites is 1. The lowest BCUT2D eigenvalue weighted by atomic mass is 9.75. The molecule has 20 heavy (non-hydrogen) atoms. The summed E-state index contributed by atoms with van der Waals surface area (Å²) in [5.41, 5.74) is 9.01. The number of aromatic nitrogens is 2. The maximum atomic E-state index is 6.65. The van der Waals surface area contributed by atoms with Gasteiger partial charge in [-0.05, 0) is 44.6 Å². The van der Waals surface area contributed by atoms with Crippen molar-refractivity contribution < 1.29 is 0 Å². The van der Waals surface area contributed by atoms with E-state index in [4.69, 9.17) is 10.8 Å². The number of fused-ring (bicyclic) bond motifs is 1. The molecule has 0 saturated heterocycles. The van der Waals surface area contributed by atoms with E-state index in [1.165, 1.54) is 29.4 Å². The minimum atomic E-state index is -0.0534. The van der Waals surface area contributed by atoms with Crippen molar-refractivity contribution in [1.82, 2.24) is 9.78 Å². The molecular weight excluding hydrogens is 246 g/mol. The Morgan fingerprint density at radius 1 is 1.30 bits per heavy atom. The molecule has 0 spiro atoms. The molecule has 1 saturated carbocycles. The normalized spacial score (nSPS) is 27.1. The Morgan fingerprint density at radius 2 is 2.00 bits per heavy atom. The molecule has 1 heterocycles. The predicted molar refractivity (Wildman–Crippen MR) is 83.7 cm³/mol. The number of aryl methyl sites for hydroxylation is 1. The number of hydrogen-bond donors (Lipinski definition) is 1. The van der Waals surface area contributed by atoms with Crippen LogP contribution in [-0.4, -0.2) is 15.3 Å². The molecule has 1 aromatic heterocycles. The first-order valence-corrected chi connectivity index (χ1v) is 7.84. The zero-order valence-electron chi connectivity index (χ0n) is 12.6. The molecule has 108 valence electrons. The van der Waals surface area contributed by atoms with Gasteiger partial charge in [0.2, 0.25) is 0 Å². The van der Waals surface area contributed by atoms with Crippen LogP contribution in [0.5, 0.6) is 0 Å². The first-order chi connectivity index (χ1) is 9.61. The van der Waals surface area contributed by atoms with E-state index < -0.39 is 0 Å². The molecule has 3 nitrogen and oxygen atoms in total. The molecule has 1 fully saturated rings. The molecule has 0 unspecified atom stereocenters. The summed E-state index contributed by atoms with van der Waals surface area (Å²) in [5.74, 6) is 0.830. The summed E-state index contributed by atoms with van der Waals surface area (Å²) in [6, 6.07) is 8.51. The molecule has 2 N–H and O–H groups in total. The molecule has 3 rings (SSSR count). The van der Waals surface area contributed by atoms with Crippen molar-refractivity contribution in [3.8, 4) is 0 Å². The average Bonchev–Trinajstić information content (AvgIpc) is 2.81. The van der Waals surface area contributed by atoms with E-state index in [-0.39, 0.29) is 5.54 Å². The summed E-state index contributed by atoms with van der Waals surface area (Å²) >= 11 is 0. The van der Waals surface area contributed by atoms with E-state index >= 15 is 0 Å². The van der Waals surface area contributed by atoms with Gasteiger partial charge in [0.15, 0.2) is 0 Å². The minimum absolute atomic E-state index is 0.0534. The van der Waals surface area contributed by atoms with Gasteiger partial charge in [0.25, 0.3) is 0 Å². The van der Waals surface area contributed by atoms with E-state index in [1.54, 1.807) is 0 Å². The number of benzene rings is 1. The van der Waals surface area contributed by atoms with Gasteiger partial charge in [0.1, 0.15) is 0 Å². The van der Waals surface area contributed by atoms with Gasteiger partial charge in [0.05, 0.1) is 11.2 Å². The maximum Gasteiger partial charge on any atom is 0.0721 e. The van der Waals surface area contributed by atoms with E-state index in [9.17, 15) is 0 Å². The van der Waals surface area contributed by atoms with Crippen LogP contribution in [0.1, 0.15) is 45.2 Å². The van der Waals surface area contributed by atoms with Crippen LogP contribution in [0.15, 0.2) is 24.3 Å². The second-order valence-electron chi connectivity index (χ2n) is 6.50. The summed E-state index contributed by atoms with van der Waals surface area (Å²) in [5, 5.41) is 6.08. The Morgan fingerprint density at radius 3 is 2.70 bits per heavy atom. The second-order valence-corrected chi connectivity index (χ2v) is 6.50. The molecular formula is C17H25N3. The number of rotatable bonds is 3. The monoisotopic (exact) mass is 271 g/mol. The van der Waals surface area contributed by atoms with Crippen LogP contribution in [-0.2, 0) is 13.0 Å². The van der Waals surface area contributed by atoms with Gasteiger partial charge >= 0.3 is 0 Å². The number of nitrogens with two attached hydrogens (primary N) is 1. The summed E-state index contributed by atoms with van der Waals surface area (Å²) in [6.45, 7) is 5.39. The van der Waals surface area contributed by atoms with Crippen LogP contribution in [0.4, 0.5) is 0 Å². The third kappa shape index (κ3) is 2.47. The average molecular weight is 271 g/mol. The van der Waals surface area contributed by atoms with E-state index in [0.717, 1.165) is 31.7 Å². The fourth-order valence-electron chi connectivity index (χ4n) is 3.42.